The highest BCUT2D eigenvalue weighted by Crippen LogP contribution is 2.32. The van der Waals surface area contributed by atoms with Gasteiger partial charge in [0.1, 0.15) is 11.5 Å². The summed E-state index contributed by atoms with van der Waals surface area (Å²) in [5.74, 6) is -0.686. The van der Waals surface area contributed by atoms with Crippen LogP contribution in [0.3, 0.4) is 0 Å². The van der Waals surface area contributed by atoms with Crippen molar-refractivity contribution in [2.45, 2.75) is 25.3 Å². The van der Waals surface area contributed by atoms with Crippen LogP contribution >= 0.6 is 11.3 Å². The van der Waals surface area contributed by atoms with Crippen LogP contribution in [0.4, 0.5) is 5.13 Å². The van der Waals surface area contributed by atoms with E-state index in [1.807, 2.05) is 32.0 Å². The lowest BCUT2D eigenvalue weighted by molar-refractivity contribution is -0.116. The van der Waals surface area contributed by atoms with E-state index < -0.39 is 21.5 Å². The van der Waals surface area contributed by atoms with Gasteiger partial charge < -0.3 is 4.74 Å². The van der Waals surface area contributed by atoms with Crippen LogP contribution in [0.5, 0.6) is 5.75 Å². The normalized spacial score (nSPS) is 11.5. The van der Waals surface area contributed by atoms with Crippen molar-refractivity contribution < 1.29 is 17.9 Å². The van der Waals surface area contributed by atoms with E-state index in [0.717, 1.165) is 26.9 Å². The van der Waals surface area contributed by atoms with E-state index in [2.05, 4.69) is 9.97 Å². The second-order valence-electron chi connectivity index (χ2n) is 7.68. The molecule has 33 heavy (non-hydrogen) atoms. The number of carbonyl (C=O) groups excluding carboxylic acids is 1. The Morgan fingerprint density at radius 3 is 2.48 bits per heavy atom. The summed E-state index contributed by atoms with van der Waals surface area (Å²) in [7, 11) is -2.35. The van der Waals surface area contributed by atoms with Gasteiger partial charge >= 0.3 is 0 Å². The highest BCUT2D eigenvalue weighted by Gasteiger charge is 2.27. The number of methoxy groups -OCH3 is 1. The molecule has 0 unspecified atom stereocenters. The molecule has 7 nitrogen and oxygen atoms in total. The van der Waals surface area contributed by atoms with Crippen LogP contribution < -0.4 is 9.64 Å². The Morgan fingerprint density at radius 2 is 1.82 bits per heavy atom. The fourth-order valence-corrected chi connectivity index (χ4v) is 5.59. The molecule has 0 N–H and O–H groups in total. The SMILES string of the molecule is COc1ccc(S(=O)(=O)CC(=O)N(Cc2cccnc2)c2nc3cc(C)c(C)cc3s2)cc1. The van der Waals surface area contributed by atoms with Gasteiger partial charge in [0, 0.05) is 12.4 Å². The van der Waals surface area contributed by atoms with Gasteiger partial charge in [0.2, 0.25) is 5.91 Å². The molecular weight excluding hydrogens is 458 g/mol. The number of fused-ring (bicyclic) bond motifs is 1. The predicted octanol–water partition coefficient (Wildman–Crippen LogP) is 4.32. The van der Waals surface area contributed by atoms with E-state index in [1.54, 1.807) is 30.6 Å². The summed E-state index contributed by atoms with van der Waals surface area (Å²) in [4.78, 5) is 23.6. The van der Waals surface area contributed by atoms with E-state index in [1.165, 1.54) is 35.5 Å². The maximum Gasteiger partial charge on any atom is 0.244 e. The highest BCUT2D eigenvalue weighted by atomic mass is 32.2. The van der Waals surface area contributed by atoms with Crippen LogP contribution in [0, 0.1) is 13.8 Å². The topological polar surface area (TPSA) is 89.5 Å². The van der Waals surface area contributed by atoms with Crippen molar-refractivity contribution >= 4 is 42.4 Å². The molecule has 0 atom stereocenters. The van der Waals surface area contributed by atoms with Gasteiger partial charge in [-0.1, -0.05) is 17.4 Å². The molecule has 0 aliphatic rings. The number of aromatic nitrogens is 2. The Bertz CT molecular complexity index is 1360. The molecule has 1 amide bonds. The monoisotopic (exact) mass is 481 g/mol. The van der Waals surface area contributed by atoms with Crippen LogP contribution in [-0.2, 0) is 21.2 Å². The van der Waals surface area contributed by atoms with E-state index in [4.69, 9.17) is 4.74 Å². The summed E-state index contributed by atoms with van der Waals surface area (Å²) in [6, 6.07) is 13.6. The number of carbonyl (C=O) groups is 1. The molecule has 2 aromatic heterocycles. The number of aryl methyl sites for hydroxylation is 2. The number of amides is 1. The number of sulfone groups is 1. The molecule has 0 bridgehead atoms. The maximum atomic E-state index is 13.3. The molecule has 0 aliphatic heterocycles. The van der Waals surface area contributed by atoms with Gasteiger partial charge in [0.15, 0.2) is 15.0 Å². The van der Waals surface area contributed by atoms with E-state index in [9.17, 15) is 13.2 Å². The number of ether oxygens (including phenoxy) is 1. The minimum atomic E-state index is -3.86. The second kappa shape index (κ2) is 9.29. The molecule has 0 radical (unpaired) electrons. The quantitative estimate of drug-likeness (QED) is 0.390. The number of rotatable bonds is 7. The number of thiazole rings is 1. The lowest BCUT2D eigenvalue weighted by Crippen LogP contribution is -2.35. The van der Waals surface area contributed by atoms with Crippen molar-refractivity contribution in [1.82, 2.24) is 9.97 Å². The van der Waals surface area contributed by atoms with Crippen molar-refractivity contribution in [3.8, 4) is 5.75 Å². The first kappa shape index (κ1) is 22.9. The zero-order valence-corrected chi connectivity index (χ0v) is 20.1. The van der Waals surface area contributed by atoms with Crippen molar-refractivity contribution in [2.75, 3.05) is 17.8 Å². The number of hydrogen-bond acceptors (Lipinski definition) is 7. The molecule has 2 aromatic carbocycles. The van der Waals surface area contributed by atoms with E-state index >= 15 is 0 Å². The molecular formula is C24H23N3O4S2. The Morgan fingerprint density at radius 1 is 1.09 bits per heavy atom. The Hall–Kier alpha value is -3.30. The van der Waals surface area contributed by atoms with Gasteiger partial charge in [0.05, 0.1) is 28.8 Å². The predicted molar refractivity (Wildman–Crippen MR) is 130 cm³/mol. The Balaban J connectivity index is 1.69. The van der Waals surface area contributed by atoms with Gasteiger partial charge in [-0.2, -0.15) is 0 Å². The summed E-state index contributed by atoms with van der Waals surface area (Å²) in [5, 5.41) is 0.453. The summed E-state index contributed by atoms with van der Waals surface area (Å²) in [6.45, 7) is 4.20. The number of pyridine rings is 1. The lowest BCUT2D eigenvalue weighted by atomic mass is 10.1. The van der Waals surface area contributed by atoms with Gasteiger partial charge in [0.25, 0.3) is 0 Å². The zero-order valence-electron chi connectivity index (χ0n) is 18.5. The van der Waals surface area contributed by atoms with Crippen molar-refractivity contribution in [2.24, 2.45) is 0 Å². The Labute approximate surface area is 196 Å². The van der Waals surface area contributed by atoms with E-state index in [0.29, 0.717) is 10.9 Å². The highest BCUT2D eigenvalue weighted by molar-refractivity contribution is 7.92. The third-order valence-corrected chi connectivity index (χ3v) is 7.98. The molecule has 0 spiro atoms. The average molecular weight is 482 g/mol. The zero-order chi connectivity index (χ0) is 23.6. The average Bonchev–Trinajstić information content (AvgIpc) is 3.20. The molecule has 0 saturated carbocycles. The van der Waals surface area contributed by atoms with Crippen LogP contribution in [0.25, 0.3) is 10.2 Å². The number of benzene rings is 2. The smallest absolute Gasteiger partial charge is 0.244 e. The minimum Gasteiger partial charge on any atom is -0.497 e. The molecule has 0 aliphatic carbocycles. The first-order chi connectivity index (χ1) is 15.8. The van der Waals surface area contributed by atoms with Crippen LogP contribution in [-0.4, -0.2) is 37.2 Å². The molecule has 4 aromatic rings. The van der Waals surface area contributed by atoms with Crippen LogP contribution in [0.15, 0.2) is 65.8 Å². The summed E-state index contributed by atoms with van der Waals surface area (Å²) < 4.78 is 32.0. The third-order valence-electron chi connectivity index (χ3n) is 5.32. The summed E-state index contributed by atoms with van der Waals surface area (Å²) in [6.07, 6.45) is 3.30. The molecule has 0 saturated heterocycles. The van der Waals surface area contributed by atoms with Gasteiger partial charge in [-0.15, -0.1) is 0 Å². The summed E-state index contributed by atoms with van der Waals surface area (Å²) in [5.41, 5.74) is 3.79. The molecule has 4 rings (SSSR count). The first-order valence-corrected chi connectivity index (χ1v) is 12.7. The van der Waals surface area contributed by atoms with Gasteiger partial charge in [-0.05, 0) is 73.0 Å². The molecule has 0 fully saturated rings. The summed E-state index contributed by atoms with van der Waals surface area (Å²) >= 11 is 1.36. The minimum absolute atomic E-state index is 0.0635. The lowest BCUT2D eigenvalue weighted by Gasteiger charge is -2.20. The molecule has 2 heterocycles. The first-order valence-electron chi connectivity index (χ1n) is 10.2. The van der Waals surface area contributed by atoms with Crippen molar-refractivity contribution in [1.29, 1.82) is 0 Å². The standard InChI is InChI=1S/C24H23N3O4S2/c1-16-11-21-22(12-17(16)2)32-24(26-21)27(14-18-5-4-10-25-13-18)23(28)15-33(29,30)20-8-6-19(31-3)7-9-20/h4-13H,14-15H2,1-3H3. The maximum absolute atomic E-state index is 13.3. The second-order valence-corrected chi connectivity index (χ2v) is 10.7. The van der Waals surface area contributed by atoms with Crippen molar-refractivity contribution in [3.05, 3.63) is 77.6 Å². The van der Waals surface area contributed by atoms with Crippen LogP contribution in [0.1, 0.15) is 16.7 Å². The van der Waals surface area contributed by atoms with Crippen molar-refractivity contribution in [3.63, 3.8) is 0 Å². The molecule has 9 heteroatoms. The van der Waals surface area contributed by atoms with E-state index in [-0.39, 0.29) is 11.4 Å². The molecule has 170 valence electrons. The fourth-order valence-electron chi connectivity index (χ4n) is 3.33. The number of hydrogen-bond donors (Lipinski definition) is 0. The largest absolute Gasteiger partial charge is 0.497 e. The third kappa shape index (κ3) is 5.04. The van der Waals surface area contributed by atoms with Gasteiger partial charge in [-0.25, -0.2) is 13.4 Å². The number of nitrogens with zero attached hydrogens (tertiary/aromatic N) is 3. The van der Waals surface area contributed by atoms with Gasteiger partial charge in [-0.3, -0.25) is 14.7 Å². The Kier molecular flexibility index (Phi) is 6.44. The fraction of sp³-hybridized carbons (Fsp3) is 0.208. The van der Waals surface area contributed by atoms with Crippen LogP contribution in [0.2, 0.25) is 0 Å². The number of anilines is 1.